The first-order valence-corrected chi connectivity index (χ1v) is 9.35. The predicted molar refractivity (Wildman–Crippen MR) is 104 cm³/mol. The van der Waals surface area contributed by atoms with E-state index in [2.05, 4.69) is 10.2 Å². The first kappa shape index (κ1) is 20.3. The monoisotopic (exact) mass is 411 g/mol. The van der Waals surface area contributed by atoms with Crippen LogP contribution in [0, 0.1) is 0 Å². The van der Waals surface area contributed by atoms with Crippen molar-refractivity contribution in [3.05, 3.63) is 64.7 Å². The Kier molecular flexibility index (Phi) is 6.03. The summed E-state index contributed by atoms with van der Waals surface area (Å²) >= 11 is 6.03. The number of carbonyl (C=O) groups is 1. The van der Waals surface area contributed by atoms with Crippen molar-refractivity contribution < 1.29 is 18.0 Å². The van der Waals surface area contributed by atoms with Gasteiger partial charge in [0.1, 0.15) is 0 Å². The largest absolute Gasteiger partial charge is 0.416 e. The van der Waals surface area contributed by atoms with Crippen LogP contribution in [0.25, 0.3) is 0 Å². The summed E-state index contributed by atoms with van der Waals surface area (Å²) in [6, 6.07) is 11.8. The zero-order chi connectivity index (χ0) is 20.3. The lowest BCUT2D eigenvalue weighted by Crippen LogP contribution is -2.52. The molecule has 1 aliphatic heterocycles. The highest BCUT2D eigenvalue weighted by molar-refractivity contribution is 6.30. The lowest BCUT2D eigenvalue weighted by atomic mass is 10.1. The van der Waals surface area contributed by atoms with Crippen LogP contribution < -0.4 is 10.2 Å². The molecule has 0 aromatic heterocycles. The number of rotatable bonds is 3. The summed E-state index contributed by atoms with van der Waals surface area (Å²) in [5, 5.41) is 3.45. The van der Waals surface area contributed by atoms with Gasteiger partial charge in [-0.05, 0) is 42.8 Å². The quantitative estimate of drug-likeness (QED) is 0.775. The molecule has 1 aliphatic rings. The van der Waals surface area contributed by atoms with Gasteiger partial charge in [-0.25, -0.2) is 4.79 Å². The number of hydrogen-bond donors (Lipinski definition) is 1. The minimum Gasteiger partial charge on any atom is -0.368 e. The van der Waals surface area contributed by atoms with E-state index in [0.717, 1.165) is 17.8 Å². The topological polar surface area (TPSA) is 35.6 Å². The molecular formula is C20H21ClF3N3O. The van der Waals surface area contributed by atoms with Gasteiger partial charge in [0.05, 0.1) is 11.6 Å². The first-order chi connectivity index (χ1) is 13.2. The van der Waals surface area contributed by atoms with Crippen LogP contribution in [0.5, 0.6) is 0 Å². The fourth-order valence-electron chi connectivity index (χ4n) is 3.18. The van der Waals surface area contributed by atoms with Crippen LogP contribution in [0.1, 0.15) is 24.1 Å². The predicted octanol–water partition coefficient (Wildman–Crippen LogP) is 4.95. The molecule has 0 spiro atoms. The summed E-state index contributed by atoms with van der Waals surface area (Å²) in [5.41, 5.74) is 0.701. The fraction of sp³-hybridized carbons (Fsp3) is 0.350. The number of nitrogens with one attached hydrogen (secondary N) is 1. The van der Waals surface area contributed by atoms with Crippen molar-refractivity contribution in [3.8, 4) is 0 Å². The average Bonchev–Trinajstić information content (AvgIpc) is 2.67. The smallest absolute Gasteiger partial charge is 0.368 e. The summed E-state index contributed by atoms with van der Waals surface area (Å²) in [5.74, 6) is 0. The van der Waals surface area contributed by atoms with Crippen molar-refractivity contribution in [1.82, 2.24) is 10.2 Å². The molecule has 1 unspecified atom stereocenters. The minimum atomic E-state index is -4.41. The minimum absolute atomic E-state index is 0.282. The van der Waals surface area contributed by atoms with Crippen LogP contribution in [-0.2, 0) is 6.18 Å². The normalized spacial score (nSPS) is 16.0. The number of halogens is 4. The zero-order valence-electron chi connectivity index (χ0n) is 15.3. The number of benzene rings is 2. The van der Waals surface area contributed by atoms with Gasteiger partial charge >= 0.3 is 12.2 Å². The Morgan fingerprint density at radius 3 is 2.39 bits per heavy atom. The Morgan fingerprint density at radius 2 is 1.75 bits per heavy atom. The number of piperazine rings is 1. The summed E-state index contributed by atoms with van der Waals surface area (Å²) in [7, 11) is 0. The molecule has 0 saturated carbocycles. The zero-order valence-corrected chi connectivity index (χ0v) is 16.1. The Morgan fingerprint density at radius 1 is 1.07 bits per heavy atom. The number of hydrogen-bond acceptors (Lipinski definition) is 2. The van der Waals surface area contributed by atoms with Gasteiger partial charge in [-0.2, -0.15) is 13.2 Å². The van der Waals surface area contributed by atoms with E-state index in [0.29, 0.717) is 36.8 Å². The van der Waals surface area contributed by atoms with Crippen molar-refractivity contribution in [3.63, 3.8) is 0 Å². The molecule has 1 saturated heterocycles. The molecule has 1 heterocycles. The van der Waals surface area contributed by atoms with E-state index in [-0.39, 0.29) is 6.03 Å². The van der Waals surface area contributed by atoms with Crippen LogP contribution in [0.4, 0.5) is 23.7 Å². The molecule has 150 valence electrons. The number of alkyl halides is 3. The van der Waals surface area contributed by atoms with Gasteiger partial charge in [-0.15, -0.1) is 0 Å². The third kappa shape index (κ3) is 4.90. The lowest BCUT2D eigenvalue weighted by Gasteiger charge is -2.36. The Hall–Kier alpha value is -2.41. The van der Waals surface area contributed by atoms with Crippen LogP contribution in [0.15, 0.2) is 48.5 Å². The van der Waals surface area contributed by atoms with Crippen molar-refractivity contribution in [2.45, 2.75) is 19.1 Å². The third-order valence-corrected chi connectivity index (χ3v) is 5.03. The van der Waals surface area contributed by atoms with Crippen LogP contribution >= 0.6 is 11.6 Å². The summed E-state index contributed by atoms with van der Waals surface area (Å²) in [6.07, 6.45) is -4.41. The van der Waals surface area contributed by atoms with Crippen LogP contribution in [0.2, 0.25) is 5.02 Å². The molecular weight excluding hydrogens is 391 g/mol. The average molecular weight is 412 g/mol. The molecule has 28 heavy (non-hydrogen) atoms. The number of nitrogens with zero attached hydrogens (tertiary/aromatic N) is 2. The highest BCUT2D eigenvalue weighted by atomic mass is 35.5. The highest BCUT2D eigenvalue weighted by Gasteiger charge is 2.31. The Balaban J connectivity index is 1.57. The van der Waals surface area contributed by atoms with E-state index in [1.54, 1.807) is 17.9 Å². The number of anilines is 1. The third-order valence-electron chi connectivity index (χ3n) is 4.79. The van der Waals surface area contributed by atoms with Gasteiger partial charge in [-0.1, -0.05) is 29.8 Å². The number of carbonyl (C=O) groups excluding carboxylic acids is 1. The van der Waals surface area contributed by atoms with Gasteiger partial charge in [0, 0.05) is 36.9 Å². The van der Waals surface area contributed by atoms with E-state index in [9.17, 15) is 18.0 Å². The summed E-state index contributed by atoms with van der Waals surface area (Å²) in [6.45, 7) is 4.04. The van der Waals surface area contributed by atoms with Crippen molar-refractivity contribution in [2.24, 2.45) is 0 Å². The molecule has 2 amide bonds. The van der Waals surface area contributed by atoms with E-state index in [1.165, 1.54) is 6.07 Å². The molecule has 1 N–H and O–H groups in total. The SMILES string of the molecule is CC(NC(=O)N1CCN(c2cccc(Cl)c2)CC1)c1cccc(C(F)(F)F)c1. The summed E-state index contributed by atoms with van der Waals surface area (Å²) < 4.78 is 38.6. The van der Waals surface area contributed by atoms with Gasteiger partial charge in [0.15, 0.2) is 0 Å². The Bertz CT molecular complexity index is 835. The summed E-state index contributed by atoms with van der Waals surface area (Å²) in [4.78, 5) is 16.3. The van der Waals surface area contributed by atoms with Gasteiger partial charge in [-0.3, -0.25) is 0 Å². The lowest BCUT2D eigenvalue weighted by molar-refractivity contribution is -0.137. The molecule has 1 atom stereocenters. The number of urea groups is 1. The van der Waals surface area contributed by atoms with Crippen molar-refractivity contribution in [1.29, 1.82) is 0 Å². The fourth-order valence-corrected chi connectivity index (χ4v) is 3.37. The maximum absolute atomic E-state index is 12.9. The molecule has 2 aromatic rings. The second-order valence-corrected chi connectivity index (χ2v) is 7.18. The first-order valence-electron chi connectivity index (χ1n) is 8.97. The molecule has 0 radical (unpaired) electrons. The van der Waals surface area contributed by atoms with Crippen LogP contribution in [0.3, 0.4) is 0 Å². The molecule has 0 aliphatic carbocycles. The van der Waals surface area contributed by atoms with Gasteiger partial charge in [0.2, 0.25) is 0 Å². The van der Waals surface area contributed by atoms with E-state index in [4.69, 9.17) is 11.6 Å². The maximum Gasteiger partial charge on any atom is 0.416 e. The molecule has 8 heteroatoms. The van der Waals surface area contributed by atoms with Crippen molar-refractivity contribution in [2.75, 3.05) is 31.1 Å². The van der Waals surface area contributed by atoms with E-state index < -0.39 is 17.8 Å². The van der Waals surface area contributed by atoms with E-state index in [1.807, 2.05) is 24.3 Å². The second kappa shape index (κ2) is 8.31. The second-order valence-electron chi connectivity index (χ2n) is 6.75. The molecule has 1 fully saturated rings. The molecule has 0 bridgehead atoms. The maximum atomic E-state index is 12.9. The van der Waals surface area contributed by atoms with Gasteiger partial charge in [0.25, 0.3) is 0 Å². The highest BCUT2D eigenvalue weighted by Crippen LogP contribution is 2.30. The molecule has 2 aromatic carbocycles. The standard InChI is InChI=1S/C20H21ClF3N3O/c1-14(15-4-2-5-16(12-15)20(22,23)24)25-19(28)27-10-8-26(9-11-27)18-7-3-6-17(21)13-18/h2-7,12-14H,8-11H2,1H3,(H,25,28). The van der Waals surface area contributed by atoms with Crippen LogP contribution in [-0.4, -0.2) is 37.1 Å². The Labute approximate surface area is 166 Å². The van der Waals surface area contributed by atoms with Crippen molar-refractivity contribution >= 4 is 23.3 Å². The van der Waals surface area contributed by atoms with E-state index >= 15 is 0 Å². The van der Waals surface area contributed by atoms with Gasteiger partial charge < -0.3 is 15.1 Å². The molecule has 3 rings (SSSR count). The molecule has 4 nitrogen and oxygen atoms in total. The number of amides is 2.